The molecule has 1 amide bonds. The third-order valence-corrected chi connectivity index (χ3v) is 6.05. The van der Waals surface area contributed by atoms with E-state index in [9.17, 15) is 10.1 Å². The fraction of sp³-hybridized carbons (Fsp3) is 0. The van der Waals surface area contributed by atoms with E-state index in [0.717, 1.165) is 11.1 Å². The predicted octanol–water partition coefficient (Wildman–Crippen LogP) is 7.51. The fourth-order valence-electron chi connectivity index (χ4n) is 3.09. The van der Waals surface area contributed by atoms with Crippen molar-refractivity contribution in [3.05, 3.63) is 99.3 Å². The van der Waals surface area contributed by atoms with Gasteiger partial charge in [0.25, 0.3) is 5.91 Å². The number of thiophene rings is 1. The van der Waals surface area contributed by atoms with E-state index in [1.54, 1.807) is 30.3 Å². The number of halogens is 2. The Morgan fingerprint density at radius 1 is 0.900 bits per heavy atom. The zero-order chi connectivity index (χ0) is 21.1. The van der Waals surface area contributed by atoms with Crippen molar-refractivity contribution in [1.82, 2.24) is 0 Å². The molecule has 4 rings (SSSR count). The molecule has 146 valence electrons. The summed E-state index contributed by atoms with van der Waals surface area (Å²) in [7, 11) is 0. The summed E-state index contributed by atoms with van der Waals surface area (Å²) >= 11 is 13.5. The Morgan fingerprint density at radius 2 is 1.60 bits per heavy atom. The molecule has 6 heteroatoms. The molecule has 0 saturated carbocycles. The van der Waals surface area contributed by atoms with Gasteiger partial charge in [-0.05, 0) is 35.4 Å². The van der Waals surface area contributed by atoms with E-state index in [0.29, 0.717) is 37.3 Å². The number of nitriles is 1. The summed E-state index contributed by atoms with van der Waals surface area (Å²) < 4.78 is 0. The molecule has 0 aliphatic heterocycles. The highest BCUT2D eigenvalue weighted by Crippen LogP contribution is 2.39. The summed E-state index contributed by atoms with van der Waals surface area (Å²) in [6.45, 7) is 0. The van der Waals surface area contributed by atoms with Gasteiger partial charge in [-0.1, -0.05) is 71.7 Å². The molecule has 0 aliphatic rings. The van der Waals surface area contributed by atoms with Crippen LogP contribution in [0, 0.1) is 11.3 Å². The topological polar surface area (TPSA) is 52.9 Å². The van der Waals surface area contributed by atoms with E-state index < -0.39 is 0 Å². The molecule has 4 aromatic rings. The average molecular weight is 449 g/mol. The van der Waals surface area contributed by atoms with E-state index in [2.05, 4.69) is 11.4 Å². The minimum Gasteiger partial charge on any atom is -0.312 e. The van der Waals surface area contributed by atoms with E-state index in [-0.39, 0.29) is 5.91 Å². The second kappa shape index (κ2) is 8.73. The molecule has 0 atom stereocenters. The smallest absolute Gasteiger partial charge is 0.256 e. The molecule has 0 fully saturated rings. The normalized spacial score (nSPS) is 10.4. The van der Waals surface area contributed by atoms with Crippen LogP contribution in [0.25, 0.3) is 22.3 Å². The van der Waals surface area contributed by atoms with Crippen LogP contribution >= 0.6 is 34.5 Å². The van der Waals surface area contributed by atoms with Crippen molar-refractivity contribution in [2.45, 2.75) is 0 Å². The van der Waals surface area contributed by atoms with Gasteiger partial charge in [0.1, 0.15) is 11.1 Å². The Morgan fingerprint density at radius 3 is 2.27 bits per heavy atom. The number of hydrogen-bond acceptors (Lipinski definition) is 3. The van der Waals surface area contributed by atoms with E-state index >= 15 is 0 Å². The third-order valence-electron chi connectivity index (χ3n) is 4.61. The SMILES string of the molecule is N#Cc1c(-c2ccc(Cl)cc2Cl)csc1NC(=O)c1ccc(-c2ccccc2)cc1. The molecule has 3 aromatic carbocycles. The minimum absolute atomic E-state index is 0.276. The number of rotatable bonds is 4. The van der Waals surface area contributed by atoms with Gasteiger partial charge in [0, 0.05) is 32.1 Å². The lowest BCUT2D eigenvalue weighted by Crippen LogP contribution is -2.11. The number of nitrogens with one attached hydrogen (secondary N) is 1. The van der Waals surface area contributed by atoms with Crippen LogP contribution in [0.3, 0.4) is 0 Å². The van der Waals surface area contributed by atoms with Crippen LogP contribution in [0.2, 0.25) is 10.0 Å². The second-order valence-corrected chi connectivity index (χ2v) is 8.21. The quantitative estimate of drug-likeness (QED) is 0.350. The summed E-state index contributed by atoms with van der Waals surface area (Å²) in [4.78, 5) is 12.7. The molecule has 1 heterocycles. The van der Waals surface area contributed by atoms with Crippen molar-refractivity contribution < 1.29 is 4.79 Å². The average Bonchev–Trinajstić information content (AvgIpc) is 3.16. The first-order valence-electron chi connectivity index (χ1n) is 9.00. The molecule has 30 heavy (non-hydrogen) atoms. The highest BCUT2D eigenvalue weighted by molar-refractivity contribution is 7.15. The van der Waals surface area contributed by atoms with Gasteiger partial charge in [-0.15, -0.1) is 11.3 Å². The first-order valence-corrected chi connectivity index (χ1v) is 10.6. The van der Waals surface area contributed by atoms with Crippen molar-refractivity contribution in [3.63, 3.8) is 0 Å². The van der Waals surface area contributed by atoms with Gasteiger partial charge in [0.15, 0.2) is 0 Å². The Balaban J connectivity index is 1.58. The summed E-state index contributed by atoms with van der Waals surface area (Å²) in [6.07, 6.45) is 0. The number of hydrogen-bond donors (Lipinski definition) is 1. The number of amides is 1. The van der Waals surface area contributed by atoms with Crippen LogP contribution in [-0.2, 0) is 0 Å². The third kappa shape index (κ3) is 4.10. The number of nitrogens with zero attached hydrogens (tertiary/aromatic N) is 1. The number of anilines is 1. The van der Waals surface area contributed by atoms with Gasteiger partial charge < -0.3 is 5.32 Å². The second-order valence-electron chi connectivity index (χ2n) is 6.49. The van der Waals surface area contributed by atoms with Gasteiger partial charge >= 0.3 is 0 Å². The maximum Gasteiger partial charge on any atom is 0.256 e. The van der Waals surface area contributed by atoms with Crippen LogP contribution in [-0.4, -0.2) is 5.91 Å². The highest BCUT2D eigenvalue weighted by atomic mass is 35.5. The van der Waals surface area contributed by atoms with Crippen LogP contribution in [0.5, 0.6) is 0 Å². The Bertz CT molecular complexity index is 1260. The van der Waals surface area contributed by atoms with Crippen molar-refractivity contribution in [1.29, 1.82) is 5.26 Å². The first kappa shape index (κ1) is 20.2. The molecule has 0 saturated heterocycles. The molecule has 1 N–H and O–H groups in total. The van der Waals surface area contributed by atoms with Gasteiger partial charge in [-0.2, -0.15) is 5.26 Å². The lowest BCUT2D eigenvalue weighted by Gasteiger charge is -2.07. The maximum atomic E-state index is 12.7. The lowest BCUT2D eigenvalue weighted by molar-refractivity contribution is 0.102. The van der Waals surface area contributed by atoms with Crippen LogP contribution in [0.1, 0.15) is 15.9 Å². The predicted molar refractivity (Wildman–Crippen MR) is 124 cm³/mol. The molecule has 0 unspecified atom stereocenters. The Kier molecular flexibility index (Phi) is 5.87. The van der Waals surface area contributed by atoms with Crippen LogP contribution in [0.4, 0.5) is 5.00 Å². The van der Waals surface area contributed by atoms with Gasteiger partial charge in [0.05, 0.1) is 5.56 Å². The largest absolute Gasteiger partial charge is 0.312 e. The Labute approximate surface area is 188 Å². The minimum atomic E-state index is -0.276. The van der Waals surface area contributed by atoms with Crippen molar-refractivity contribution >= 4 is 45.4 Å². The summed E-state index contributed by atoms with van der Waals surface area (Å²) in [6, 6.07) is 24.6. The number of carbonyl (C=O) groups excluding carboxylic acids is 1. The zero-order valence-electron chi connectivity index (χ0n) is 15.5. The van der Waals surface area contributed by atoms with E-state index in [4.69, 9.17) is 23.2 Å². The van der Waals surface area contributed by atoms with Gasteiger partial charge in [-0.25, -0.2) is 0 Å². The Hall–Kier alpha value is -3.10. The molecule has 0 radical (unpaired) electrons. The first-order chi connectivity index (χ1) is 14.6. The molecule has 0 bridgehead atoms. The molecular formula is C24H14Cl2N2OS. The molecule has 3 nitrogen and oxygen atoms in total. The summed E-state index contributed by atoms with van der Waals surface area (Å²) in [5.41, 5.74) is 4.36. The molecular weight excluding hydrogens is 435 g/mol. The zero-order valence-corrected chi connectivity index (χ0v) is 17.9. The van der Waals surface area contributed by atoms with E-state index in [1.165, 1.54) is 11.3 Å². The maximum absolute atomic E-state index is 12.7. The fourth-order valence-corrected chi connectivity index (χ4v) is 4.50. The van der Waals surface area contributed by atoms with Crippen molar-refractivity contribution in [2.24, 2.45) is 0 Å². The molecule has 1 aromatic heterocycles. The van der Waals surface area contributed by atoms with Crippen LogP contribution in [0.15, 0.2) is 78.2 Å². The van der Waals surface area contributed by atoms with Gasteiger partial charge in [-0.3, -0.25) is 4.79 Å². The molecule has 0 aliphatic carbocycles. The standard InChI is InChI=1S/C24H14Cl2N2OS/c25-18-10-11-19(22(26)12-18)21-14-30-24(20(21)13-27)28-23(29)17-8-6-16(7-9-17)15-4-2-1-3-5-15/h1-12,14H,(H,28,29). The highest BCUT2D eigenvalue weighted by Gasteiger charge is 2.18. The summed E-state index contributed by atoms with van der Waals surface area (Å²) in [5.74, 6) is -0.276. The van der Waals surface area contributed by atoms with E-state index in [1.807, 2.05) is 47.8 Å². The summed E-state index contributed by atoms with van der Waals surface area (Å²) in [5, 5.41) is 15.8. The number of carbonyl (C=O) groups is 1. The van der Waals surface area contributed by atoms with Crippen molar-refractivity contribution in [2.75, 3.05) is 5.32 Å². The monoisotopic (exact) mass is 448 g/mol. The van der Waals surface area contributed by atoms with Gasteiger partial charge in [0.2, 0.25) is 0 Å². The van der Waals surface area contributed by atoms with Crippen molar-refractivity contribution in [3.8, 4) is 28.3 Å². The molecule has 0 spiro atoms. The lowest BCUT2D eigenvalue weighted by atomic mass is 10.0. The van der Waals surface area contributed by atoms with Crippen LogP contribution < -0.4 is 5.32 Å². The number of benzene rings is 3.